The van der Waals surface area contributed by atoms with Gasteiger partial charge in [0.15, 0.2) is 0 Å². The molecule has 0 bridgehead atoms. The van der Waals surface area contributed by atoms with E-state index in [4.69, 9.17) is 10.5 Å². The summed E-state index contributed by atoms with van der Waals surface area (Å²) >= 11 is 0. The van der Waals surface area contributed by atoms with E-state index in [9.17, 15) is 31.1 Å². The Morgan fingerprint density at radius 2 is 1.69 bits per heavy atom. The van der Waals surface area contributed by atoms with Gasteiger partial charge < -0.3 is 10.5 Å². The first-order valence-corrected chi connectivity index (χ1v) is 8.88. The number of ether oxygens (including phenoxy) is 1. The number of halogens is 6. The molecule has 0 aliphatic rings. The van der Waals surface area contributed by atoms with Crippen LogP contribution in [-0.4, -0.2) is 32.8 Å². The van der Waals surface area contributed by atoms with Gasteiger partial charge in [0.2, 0.25) is 11.8 Å². The smallest absolute Gasteiger partial charge is 0.416 e. The van der Waals surface area contributed by atoms with Crippen LogP contribution in [0.25, 0.3) is 5.95 Å². The summed E-state index contributed by atoms with van der Waals surface area (Å²) in [6, 6.07) is 3.02. The topological polar surface area (TPSA) is 95.9 Å². The van der Waals surface area contributed by atoms with Crippen LogP contribution in [-0.2, 0) is 12.4 Å². The highest BCUT2D eigenvalue weighted by Gasteiger charge is 2.42. The molecule has 0 aliphatic carbocycles. The Hall–Kier alpha value is -3.64. The fraction of sp³-hybridized carbons (Fsp3) is 0.263. The molecule has 0 radical (unpaired) electrons. The van der Waals surface area contributed by atoms with Gasteiger partial charge in [-0.2, -0.15) is 31.0 Å². The Balaban J connectivity index is 2.33. The van der Waals surface area contributed by atoms with Gasteiger partial charge in [-0.1, -0.05) is 6.92 Å². The average molecular weight is 459 g/mol. The quantitative estimate of drug-likeness (QED) is 0.583. The normalized spacial score (nSPS) is 13.1. The van der Waals surface area contributed by atoms with Crippen molar-refractivity contribution in [2.45, 2.75) is 25.2 Å². The number of aromatic nitrogens is 4. The van der Waals surface area contributed by atoms with Gasteiger partial charge in [0.1, 0.15) is 0 Å². The molecule has 1 atom stereocenters. The fourth-order valence-electron chi connectivity index (χ4n) is 3.21. The van der Waals surface area contributed by atoms with Crippen molar-refractivity contribution in [1.82, 2.24) is 19.7 Å². The van der Waals surface area contributed by atoms with Crippen molar-refractivity contribution in [3.63, 3.8) is 0 Å². The van der Waals surface area contributed by atoms with Gasteiger partial charge in [-0.05, 0) is 23.8 Å². The molecule has 1 aromatic carbocycles. The maximum atomic E-state index is 13.8. The minimum absolute atomic E-state index is 0.0135. The van der Waals surface area contributed by atoms with Crippen LogP contribution in [0, 0.1) is 0 Å². The van der Waals surface area contributed by atoms with Crippen molar-refractivity contribution in [2.24, 2.45) is 5.73 Å². The first kappa shape index (κ1) is 23.0. The van der Waals surface area contributed by atoms with E-state index in [0.29, 0.717) is 6.07 Å². The number of nitrogens with two attached hydrogens (primary N) is 1. The molecule has 0 saturated carbocycles. The third-order valence-corrected chi connectivity index (χ3v) is 4.62. The molecule has 7 nitrogen and oxygen atoms in total. The Kier molecular flexibility index (Phi) is 5.85. The first-order valence-electron chi connectivity index (χ1n) is 8.88. The monoisotopic (exact) mass is 459 g/mol. The molecule has 0 fully saturated rings. The summed E-state index contributed by atoms with van der Waals surface area (Å²) in [7, 11) is 1.26. The van der Waals surface area contributed by atoms with Crippen LogP contribution < -0.4 is 10.5 Å². The zero-order valence-corrected chi connectivity index (χ0v) is 16.5. The molecule has 1 amide bonds. The summed E-state index contributed by atoms with van der Waals surface area (Å²) in [6.07, 6.45) is -7.62. The molecule has 0 spiro atoms. The van der Waals surface area contributed by atoms with Gasteiger partial charge in [-0.25, -0.2) is 9.97 Å². The van der Waals surface area contributed by atoms with Crippen molar-refractivity contribution in [3.8, 4) is 11.8 Å². The molecule has 2 aromatic heterocycles. The highest BCUT2D eigenvalue weighted by molar-refractivity contribution is 5.95. The van der Waals surface area contributed by atoms with E-state index in [1.807, 2.05) is 0 Å². The lowest BCUT2D eigenvalue weighted by Crippen LogP contribution is -2.23. The van der Waals surface area contributed by atoms with Gasteiger partial charge in [-0.15, -0.1) is 5.10 Å². The van der Waals surface area contributed by atoms with Gasteiger partial charge in [0.05, 0.1) is 23.9 Å². The van der Waals surface area contributed by atoms with E-state index in [0.717, 1.165) is 4.68 Å². The van der Waals surface area contributed by atoms with Crippen LogP contribution in [0.3, 0.4) is 0 Å². The second-order valence-electron chi connectivity index (χ2n) is 6.64. The molecular weight excluding hydrogens is 444 g/mol. The maximum Gasteiger partial charge on any atom is 0.416 e. The van der Waals surface area contributed by atoms with E-state index >= 15 is 0 Å². The number of hydrogen-bond acceptors (Lipinski definition) is 5. The molecule has 1 unspecified atom stereocenters. The number of carbonyl (C=O) groups excluding carboxylic acids is 1. The molecule has 3 rings (SSSR count). The standard InChI is InChI=1S/C19H15F6N5O2/c1-9(13-8-14(32-2)29-30(13)17-27-4-3-5-28-17)15-11(16(26)31)6-10(18(20,21)22)7-12(15)19(23,24)25/h3-9H,1-2H3,(H2,26,31). The summed E-state index contributed by atoms with van der Waals surface area (Å²) in [4.78, 5) is 19.9. The second kappa shape index (κ2) is 8.13. The van der Waals surface area contributed by atoms with E-state index in [1.54, 1.807) is 0 Å². The molecule has 2 N–H and O–H groups in total. The summed E-state index contributed by atoms with van der Waals surface area (Å²) in [6.45, 7) is 1.26. The fourth-order valence-corrected chi connectivity index (χ4v) is 3.21. The van der Waals surface area contributed by atoms with Crippen molar-refractivity contribution in [1.29, 1.82) is 0 Å². The van der Waals surface area contributed by atoms with Crippen LogP contribution >= 0.6 is 0 Å². The molecule has 2 heterocycles. The van der Waals surface area contributed by atoms with Gasteiger partial charge in [-0.3, -0.25) is 4.79 Å². The summed E-state index contributed by atoms with van der Waals surface area (Å²) in [5.41, 5.74) is 0.273. The first-order chi connectivity index (χ1) is 14.8. The van der Waals surface area contributed by atoms with Crippen molar-refractivity contribution in [3.05, 3.63) is 64.6 Å². The van der Waals surface area contributed by atoms with Crippen LogP contribution in [0.2, 0.25) is 0 Å². The molecule has 32 heavy (non-hydrogen) atoms. The predicted molar refractivity (Wildman–Crippen MR) is 98.2 cm³/mol. The number of rotatable bonds is 5. The van der Waals surface area contributed by atoms with E-state index in [1.165, 1.54) is 38.6 Å². The third kappa shape index (κ3) is 4.36. The van der Waals surface area contributed by atoms with E-state index < -0.39 is 46.4 Å². The highest BCUT2D eigenvalue weighted by atomic mass is 19.4. The average Bonchev–Trinajstić information content (AvgIpc) is 3.16. The minimum Gasteiger partial charge on any atom is -0.480 e. The highest BCUT2D eigenvalue weighted by Crippen LogP contribution is 2.43. The number of carbonyl (C=O) groups is 1. The summed E-state index contributed by atoms with van der Waals surface area (Å²) in [5, 5.41) is 4.06. The Labute approximate surface area is 176 Å². The maximum absolute atomic E-state index is 13.8. The van der Waals surface area contributed by atoms with Crippen LogP contribution in [0.15, 0.2) is 36.7 Å². The van der Waals surface area contributed by atoms with Crippen molar-refractivity contribution < 1.29 is 35.9 Å². The van der Waals surface area contributed by atoms with Crippen molar-refractivity contribution in [2.75, 3.05) is 7.11 Å². The predicted octanol–water partition coefficient (Wildman–Crippen LogP) is 3.96. The van der Waals surface area contributed by atoms with E-state index in [-0.39, 0.29) is 23.6 Å². The lowest BCUT2D eigenvalue weighted by molar-refractivity contribution is -0.143. The van der Waals surface area contributed by atoms with E-state index in [2.05, 4.69) is 15.1 Å². The Morgan fingerprint density at radius 1 is 1.06 bits per heavy atom. The summed E-state index contributed by atoms with van der Waals surface area (Å²) in [5.74, 6) is -2.80. The summed E-state index contributed by atoms with van der Waals surface area (Å²) < 4.78 is 87.3. The SMILES string of the molecule is COc1cc(C(C)c2c(C(N)=O)cc(C(F)(F)F)cc2C(F)(F)F)n(-c2ncccn2)n1. The molecule has 0 saturated heterocycles. The van der Waals surface area contributed by atoms with Crippen LogP contribution in [0.5, 0.6) is 5.88 Å². The minimum atomic E-state index is -5.22. The molecular formula is C19H15F6N5O2. The lowest BCUT2D eigenvalue weighted by atomic mass is 9.86. The number of methoxy groups -OCH3 is 1. The zero-order valence-electron chi connectivity index (χ0n) is 16.5. The zero-order chi connectivity index (χ0) is 23.8. The molecule has 0 aliphatic heterocycles. The number of amides is 1. The third-order valence-electron chi connectivity index (χ3n) is 4.62. The molecule has 170 valence electrons. The number of primary amides is 1. The lowest BCUT2D eigenvalue weighted by Gasteiger charge is -2.23. The van der Waals surface area contributed by atoms with Gasteiger partial charge in [0, 0.05) is 29.9 Å². The number of nitrogens with zero attached hydrogens (tertiary/aromatic N) is 4. The number of benzene rings is 1. The number of alkyl halides is 6. The van der Waals surface area contributed by atoms with Crippen LogP contribution in [0.1, 0.15) is 45.6 Å². The second-order valence-corrected chi connectivity index (χ2v) is 6.64. The Morgan fingerprint density at radius 3 is 2.19 bits per heavy atom. The van der Waals surface area contributed by atoms with Crippen LogP contribution in [0.4, 0.5) is 26.3 Å². The number of hydrogen-bond donors (Lipinski definition) is 1. The largest absolute Gasteiger partial charge is 0.480 e. The van der Waals surface area contributed by atoms with Crippen molar-refractivity contribution >= 4 is 5.91 Å². The van der Waals surface area contributed by atoms with Gasteiger partial charge in [0.25, 0.3) is 5.95 Å². The Bertz CT molecular complexity index is 1140. The molecule has 3 aromatic rings. The van der Waals surface area contributed by atoms with Gasteiger partial charge >= 0.3 is 12.4 Å². The molecule has 13 heteroatoms.